The fraction of sp³-hybridized carbons (Fsp3) is 0.875. The van der Waals surface area contributed by atoms with Gasteiger partial charge < -0.3 is 24.5 Å². The predicted molar refractivity (Wildman–Crippen MR) is 43.0 cm³/mol. The van der Waals surface area contributed by atoms with Gasteiger partial charge in [-0.2, -0.15) is 0 Å². The molecule has 0 saturated carbocycles. The second kappa shape index (κ2) is 3.71. The van der Waals surface area contributed by atoms with E-state index in [2.05, 4.69) is 0 Å². The summed E-state index contributed by atoms with van der Waals surface area (Å²) < 4.78 is 10.4. The molecular weight excluding hydrogens is 176 g/mol. The first-order chi connectivity index (χ1) is 6.00. The van der Waals surface area contributed by atoms with Crippen LogP contribution in [0.3, 0.4) is 0 Å². The van der Waals surface area contributed by atoms with Gasteiger partial charge in [0, 0.05) is 0 Å². The molecule has 5 nitrogen and oxygen atoms in total. The maximum Gasteiger partial charge on any atom is 0.164 e. The topological polar surface area (TPSA) is 76.0 Å². The van der Waals surface area contributed by atoms with Gasteiger partial charge in [-0.15, -0.1) is 0 Å². The van der Waals surface area contributed by atoms with Gasteiger partial charge in [0.25, 0.3) is 0 Å². The molecule has 0 radical (unpaired) electrons. The van der Waals surface area contributed by atoms with Crippen LogP contribution in [0.25, 0.3) is 0 Å². The third-order valence-electron chi connectivity index (χ3n) is 1.86. The Morgan fingerprint density at radius 1 is 1.54 bits per heavy atom. The van der Waals surface area contributed by atoms with E-state index >= 15 is 0 Å². The summed E-state index contributed by atoms with van der Waals surface area (Å²) in [5.74, 6) is -0.883. The number of ether oxygens (including phenoxy) is 2. The molecule has 13 heavy (non-hydrogen) atoms. The second-order valence-corrected chi connectivity index (χ2v) is 3.45. The van der Waals surface area contributed by atoms with E-state index in [4.69, 9.17) is 14.6 Å². The summed E-state index contributed by atoms with van der Waals surface area (Å²) in [6, 6.07) is 0. The minimum absolute atomic E-state index is 0.450. The Balaban J connectivity index is 2.68. The fourth-order valence-corrected chi connectivity index (χ4v) is 1.32. The van der Waals surface area contributed by atoms with Crippen molar-refractivity contribution in [1.82, 2.24) is 0 Å². The number of carbonyl (C=O) groups excluding carboxylic acids is 1. The van der Waals surface area contributed by atoms with Crippen LogP contribution in [0.2, 0.25) is 0 Å². The van der Waals surface area contributed by atoms with Crippen molar-refractivity contribution < 1.29 is 24.5 Å². The largest absolute Gasteiger partial charge is 0.394 e. The highest BCUT2D eigenvalue weighted by molar-refractivity contribution is 5.58. The molecule has 1 aliphatic heterocycles. The maximum absolute atomic E-state index is 10.5. The summed E-state index contributed by atoms with van der Waals surface area (Å²) in [7, 11) is 0. The van der Waals surface area contributed by atoms with E-state index in [1.165, 1.54) is 0 Å². The highest BCUT2D eigenvalue weighted by Gasteiger charge is 2.44. The Morgan fingerprint density at radius 3 is 2.62 bits per heavy atom. The van der Waals surface area contributed by atoms with Gasteiger partial charge in [0.1, 0.15) is 18.3 Å². The van der Waals surface area contributed by atoms with Crippen molar-refractivity contribution >= 4 is 6.29 Å². The number of hydrogen-bond donors (Lipinski definition) is 2. The lowest BCUT2D eigenvalue weighted by atomic mass is 10.1. The van der Waals surface area contributed by atoms with Gasteiger partial charge in [0.2, 0.25) is 0 Å². The Kier molecular flexibility index (Phi) is 3.02. The summed E-state index contributed by atoms with van der Waals surface area (Å²) in [6.07, 6.45) is -2.11. The molecule has 0 amide bonds. The zero-order valence-corrected chi connectivity index (χ0v) is 7.64. The van der Waals surface area contributed by atoms with Crippen molar-refractivity contribution in [2.45, 2.75) is 37.9 Å². The smallest absolute Gasteiger partial charge is 0.164 e. The molecule has 1 heterocycles. The molecular formula is C8H14O5. The minimum Gasteiger partial charge on any atom is -0.394 e. The van der Waals surface area contributed by atoms with Crippen molar-refractivity contribution in [2.24, 2.45) is 0 Å². The molecule has 0 aromatic carbocycles. The molecule has 0 aromatic rings. The SMILES string of the molecule is CC1(C)OC(C=O)C(C(O)CO)O1. The third kappa shape index (κ3) is 2.25. The van der Waals surface area contributed by atoms with E-state index in [0.29, 0.717) is 6.29 Å². The lowest BCUT2D eigenvalue weighted by Gasteiger charge is -2.19. The Bertz CT molecular complexity index is 191. The van der Waals surface area contributed by atoms with Crippen LogP contribution in [0.1, 0.15) is 13.8 Å². The molecule has 0 aliphatic carbocycles. The van der Waals surface area contributed by atoms with Crippen LogP contribution in [-0.2, 0) is 14.3 Å². The van der Waals surface area contributed by atoms with Crippen LogP contribution in [0.4, 0.5) is 0 Å². The molecule has 2 N–H and O–H groups in total. The van der Waals surface area contributed by atoms with Crippen LogP contribution in [0, 0.1) is 0 Å². The van der Waals surface area contributed by atoms with Gasteiger partial charge in [0.15, 0.2) is 12.1 Å². The highest BCUT2D eigenvalue weighted by atomic mass is 16.8. The van der Waals surface area contributed by atoms with E-state index in [9.17, 15) is 9.90 Å². The van der Waals surface area contributed by atoms with Crippen molar-refractivity contribution in [1.29, 1.82) is 0 Å². The first kappa shape index (κ1) is 10.6. The summed E-state index contributed by atoms with van der Waals surface area (Å²) in [6.45, 7) is 2.84. The minimum atomic E-state index is -1.09. The standard InChI is InChI=1S/C8H14O5/c1-8(2)12-6(4-10)7(13-8)5(11)3-9/h4-7,9,11H,3H2,1-2H3. The Morgan fingerprint density at radius 2 is 2.15 bits per heavy atom. The van der Waals surface area contributed by atoms with Gasteiger partial charge >= 0.3 is 0 Å². The van der Waals surface area contributed by atoms with Crippen molar-refractivity contribution in [3.8, 4) is 0 Å². The van der Waals surface area contributed by atoms with Crippen LogP contribution >= 0.6 is 0 Å². The number of aldehydes is 1. The van der Waals surface area contributed by atoms with Crippen LogP contribution in [0.5, 0.6) is 0 Å². The summed E-state index contributed by atoms with van der Waals surface area (Å²) in [4.78, 5) is 10.5. The van der Waals surface area contributed by atoms with Crippen LogP contribution in [0.15, 0.2) is 0 Å². The Hall–Kier alpha value is -0.490. The zero-order chi connectivity index (χ0) is 10.1. The molecule has 1 aliphatic rings. The summed E-state index contributed by atoms with van der Waals surface area (Å²) in [5.41, 5.74) is 0. The first-order valence-corrected chi connectivity index (χ1v) is 4.10. The van der Waals surface area contributed by atoms with E-state index in [1.54, 1.807) is 13.8 Å². The first-order valence-electron chi connectivity index (χ1n) is 4.10. The number of aliphatic hydroxyl groups excluding tert-OH is 2. The van der Waals surface area contributed by atoms with Gasteiger partial charge in [-0.3, -0.25) is 0 Å². The second-order valence-electron chi connectivity index (χ2n) is 3.45. The number of aliphatic hydroxyl groups is 2. The molecule has 1 fully saturated rings. The predicted octanol–water partition coefficient (Wildman–Crippen LogP) is -0.941. The van der Waals surface area contributed by atoms with Gasteiger partial charge in [-0.05, 0) is 13.8 Å². The summed E-state index contributed by atoms with van der Waals surface area (Å²) >= 11 is 0. The number of carbonyl (C=O) groups is 1. The van der Waals surface area contributed by atoms with Gasteiger partial charge in [0.05, 0.1) is 6.61 Å². The third-order valence-corrected chi connectivity index (χ3v) is 1.86. The number of hydrogen-bond acceptors (Lipinski definition) is 5. The lowest BCUT2D eigenvalue weighted by Crippen LogP contribution is -2.38. The molecule has 5 heteroatoms. The fourth-order valence-electron chi connectivity index (χ4n) is 1.32. The van der Waals surface area contributed by atoms with E-state index in [0.717, 1.165) is 0 Å². The Labute approximate surface area is 76.3 Å². The van der Waals surface area contributed by atoms with Crippen molar-refractivity contribution in [3.05, 3.63) is 0 Å². The van der Waals surface area contributed by atoms with Gasteiger partial charge in [-0.25, -0.2) is 0 Å². The molecule has 76 valence electrons. The zero-order valence-electron chi connectivity index (χ0n) is 7.64. The molecule has 0 spiro atoms. The van der Waals surface area contributed by atoms with E-state index in [1.807, 2.05) is 0 Å². The van der Waals surface area contributed by atoms with E-state index < -0.39 is 30.7 Å². The number of rotatable bonds is 3. The molecule has 3 atom stereocenters. The molecule has 1 saturated heterocycles. The molecule has 0 bridgehead atoms. The van der Waals surface area contributed by atoms with Gasteiger partial charge in [-0.1, -0.05) is 0 Å². The molecule has 3 unspecified atom stereocenters. The van der Waals surface area contributed by atoms with Crippen LogP contribution < -0.4 is 0 Å². The average Bonchev–Trinajstić information content (AvgIpc) is 2.39. The van der Waals surface area contributed by atoms with E-state index in [-0.39, 0.29) is 0 Å². The van der Waals surface area contributed by atoms with Crippen LogP contribution in [-0.4, -0.2) is 47.2 Å². The van der Waals surface area contributed by atoms with Crippen molar-refractivity contribution in [3.63, 3.8) is 0 Å². The highest BCUT2D eigenvalue weighted by Crippen LogP contribution is 2.28. The van der Waals surface area contributed by atoms with Crippen molar-refractivity contribution in [2.75, 3.05) is 6.61 Å². The normalized spacial score (nSPS) is 34.5. The monoisotopic (exact) mass is 190 g/mol. The summed E-state index contributed by atoms with van der Waals surface area (Å²) in [5, 5.41) is 18.0. The molecule has 0 aromatic heterocycles. The molecule has 1 rings (SSSR count). The quantitative estimate of drug-likeness (QED) is 0.562. The maximum atomic E-state index is 10.5. The average molecular weight is 190 g/mol. The lowest BCUT2D eigenvalue weighted by molar-refractivity contribution is -0.158.